The molecule has 0 amide bonds. The van der Waals surface area contributed by atoms with E-state index in [9.17, 15) is 0 Å². The van der Waals surface area contributed by atoms with Crippen LogP contribution >= 0.6 is 59.1 Å². The number of methoxy groups -OCH3 is 1. The molecule has 0 aliphatic carbocycles. The largest absolute Gasteiger partial charge is 0.496 e. The molecule has 0 radical (unpaired) electrons. The first-order valence-electron chi connectivity index (χ1n) is 5.26. The lowest BCUT2D eigenvalue weighted by Gasteiger charge is -2.12. The Hall–Kier alpha value is 0.160. The van der Waals surface area contributed by atoms with Crippen molar-refractivity contribution in [3.63, 3.8) is 0 Å². The van der Waals surface area contributed by atoms with Crippen molar-refractivity contribution in [3.8, 4) is 5.75 Å². The van der Waals surface area contributed by atoms with E-state index in [1.54, 1.807) is 18.4 Å². The van der Waals surface area contributed by atoms with Crippen LogP contribution in [0.1, 0.15) is 21.5 Å². The summed E-state index contributed by atoms with van der Waals surface area (Å²) < 4.78 is 7.55. The van der Waals surface area contributed by atoms with Gasteiger partial charge in [-0.05, 0) is 67.6 Å². The molecule has 0 saturated carbocycles. The first kappa shape index (κ1) is 14.6. The molecule has 0 fully saturated rings. The molecular weight excluding hydrogens is 444 g/mol. The normalized spacial score (nSPS) is 12.5. The smallest absolute Gasteiger partial charge is 0.121 e. The molecule has 0 bridgehead atoms. The minimum Gasteiger partial charge on any atom is -0.496 e. The van der Waals surface area contributed by atoms with E-state index >= 15 is 0 Å². The molecule has 0 saturated heterocycles. The third-order valence-corrected chi connectivity index (χ3v) is 6.08. The lowest BCUT2D eigenvalue weighted by molar-refractivity contribution is 0.411. The fourth-order valence-corrected chi connectivity index (χ4v) is 5.77. The molecule has 0 aliphatic rings. The number of ether oxygens (including phenoxy) is 1. The number of hydrogen-bond acceptors (Lipinski definition) is 2. The van der Waals surface area contributed by atoms with Crippen LogP contribution in [0.15, 0.2) is 31.8 Å². The maximum Gasteiger partial charge on any atom is 0.121 e. The van der Waals surface area contributed by atoms with Crippen LogP contribution in [0.4, 0.5) is 0 Å². The molecule has 5 heteroatoms. The predicted octanol–water partition coefficient (Wildman–Crippen LogP) is 6.07. The highest BCUT2D eigenvalue weighted by molar-refractivity contribution is 9.12. The zero-order valence-corrected chi connectivity index (χ0v) is 15.4. The molecule has 2 aromatic rings. The van der Waals surface area contributed by atoms with Gasteiger partial charge in [0.05, 0.1) is 19.5 Å². The molecule has 1 aromatic carbocycles. The summed E-state index contributed by atoms with van der Waals surface area (Å²) in [5.41, 5.74) is 3.60. The molecule has 0 N–H and O–H groups in total. The summed E-state index contributed by atoms with van der Waals surface area (Å²) in [7, 11) is 1.69. The molecule has 96 valence electrons. The maximum absolute atomic E-state index is 5.28. The summed E-state index contributed by atoms with van der Waals surface area (Å²) in [5, 5.41) is 0. The lowest BCUT2D eigenvalue weighted by atomic mass is 10.0. The summed E-state index contributed by atoms with van der Waals surface area (Å²) in [6.45, 7) is 2.06. The van der Waals surface area contributed by atoms with Gasteiger partial charge in [-0.3, -0.25) is 0 Å². The number of rotatable bonds is 3. The Balaban J connectivity index is 2.37. The minimum absolute atomic E-state index is 0.180. The number of hydrogen-bond donors (Lipinski definition) is 0. The second kappa shape index (κ2) is 6.07. The Kier molecular flexibility index (Phi) is 4.92. The Labute approximate surface area is 136 Å². The molecule has 0 spiro atoms. The van der Waals surface area contributed by atoms with Crippen LogP contribution in [0.2, 0.25) is 0 Å². The van der Waals surface area contributed by atoms with E-state index in [0.29, 0.717) is 0 Å². The lowest BCUT2D eigenvalue weighted by Crippen LogP contribution is -1.94. The van der Waals surface area contributed by atoms with Crippen LogP contribution in [-0.2, 0) is 0 Å². The zero-order chi connectivity index (χ0) is 13.3. The third-order valence-electron chi connectivity index (χ3n) is 2.67. The number of alkyl halides is 1. The van der Waals surface area contributed by atoms with E-state index in [0.717, 1.165) is 18.9 Å². The highest BCUT2D eigenvalue weighted by atomic mass is 79.9. The molecule has 1 heterocycles. The molecule has 1 unspecified atom stereocenters. The van der Waals surface area contributed by atoms with Crippen LogP contribution in [0, 0.1) is 6.92 Å². The molecule has 1 atom stereocenters. The van der Waals surface area contributed by atoms with Crippen LogP contribution < -0.4 is 4.74 Å². The van der Waals surface area contributed by atoms with Crippen LogP contribution in [0.25, 0.3) is 0 Å². The molecule has 1 nitrogen and oxygen atoms in total. The van der Waals surface area contributed by atoms with Gasteiger partial charge < -0.3 is 4.74 Å². The van der Waals surface area contributed by atoms with Gasteiger partial charge in [0.15, 0.2) is 0 Å². The Morgan fingerprint density at radius 2 is 1.94 bits per heavy atom. The van der Waals surface area contributed by atoms with E-state index in [1.165, 1.54) is 11.1 Å². The van der Waals surface area contributed by atoms with E-state index < -0.39 is 0 Å². The van der Waals surface area contributed by atoms with E-state index in [1.807, 2.05) is 6.07 Å². The fourth-order valence-electron chi connectivity index (χ4n) is 1.76. The molecule has 1 aromatic heterocycles. The second-order valence-corrected chi connectivity index (χ2v) is 8.54. The van der Waals surface area contributed by atoms with Gasteiger partial charge in [0.25, 0.3) is 0 Å². The molecule has 2 rings (SSSR count). The van der Waals surface area contributed by atoms with Gasteiger partial charge >= 0.3 is 0 Å². The fraction of sp³-hybridized carbons (Fsp3) is 0.231. The Morgan fingerprint density at radius 1 is 1.22 bits per heavy atom. The number of thiophene rings is 1. The first-order chi connectivity index (χ1) is 8.52. The molecule has 18 heavy (non-hydrogen) atoms. The first-order valence-corrected chi connectivity index (χ1v) is 8.58. The van der Waals surface area contributed by atoms with Gasteiger partial charge in [-0.1, -0.05) is 28.1 Å². The summed E-state index contributed by atoms with van der Waals surface area (Å²) in [6.07, 6.45) is 0. The van der Waals surface area contributed by atoms with Gasteiger partial charge in [0.1, 0.15) is 5.75 Å². The van der Waals surface area contributed by atoms with Gasteiger partial charge in [-0.25, -0.2) is 0 Å². The average molecular weight is 455 g/mol. The van der Waals surface area contributed by atoms with Crippen molar-refractivity contribution in [2.75, 3.05) is 7.11 Å². The van der Waals surface area contributed by atoms with Crippen LogP contribution in [-0.4, -0.2) is 7.11 Å². The monoisotopic (exact) mass is 452 g/mol. The second-order valence-electron chi connectivity index (χ2n) is 3.87. The zero-order valence-electron chi connectivity index (χ0n) is 9.84. The Bertz CT molecular complexity index is 565. The SMILES string of the molecule is COc1ccc(C(Br)c2cc(Br)sc2Br)cc1C. The van der Waals surface area contributed by atoms with Gasteiger partial charge in [-0.2, -0.15) is 0 Å². The van der Waals surface area contributed by atoms with Crippen molar-refractivity contribution >= 4 is 59.1 Å². The summed E-state index contributed by atoms with van der Waals surface area (Å²) in [6, 6.07) is 8.38. The van der Waals surface area contributed by atoms with E-state index in [-0.39, 0.29) is 4.83 Å². The molecule has 0 aliphatic heterocycles. The average Bonchev–Trinajstić information content (AvgIpc) is 2.67. The Morgan fingerprint density at radius 3 is 2.44 bits per heavy atom. The van der Waals surface area contributed by atoms with E-state index in [2.05, 4.69) is 72.9 Å². The predicted molar refractivity (Wildman–Crippen MR) is 88.2 cm³/mol. The van der Waals surface area contributed by atoms with Crippen molar-refractivity contribution < 1.29 is 4.74 Å². The van der Waals surface area contributed by atoms with Crippen molar-refractivity contribution in [1.29, 1.82) is 0 Å². The number of halogens is 3. The quantitative estimate of drug-likeness (QED) is 0.511. The maximum atomic E-state index is 5.28. The topological polar surface area (TPSA) is 9.23 Å². The summed E-state index contributed by atoms with van der Waals surface area (Å²) >= 11 is 12.5. The van der Waals surface area contributed by atoms with Crippen molar-refractivity contribution in [1.82, 2.24) is 0 Å². The third kappa shape index (κ3) is 3.00. The van der Waals surface area contributed by atoms with Crippen molar-refractivity contribution in [2.24, 2.45) is 0 Å². The minimum atomic E-state index is 0.180. The number of aryl methyl sites for hydroxylation is 1. The van der Waals surface area contributed by atoms with Crippen LogP contribution in [0.5, 0.6) is 5.75 Å². The van der Waals surface area contributed by atoms with Crippen LogP contribution in [0.3, 0.4) is 0 Å². The van der Waals surface area contributed by atoms with Gasteiger partial charge in [0.2, 0.25) is 0 Å². The van der Waals surface area contributed by atoms with Crippen molar-refractivity contribution in [3.05, 3.63) is 48.5 Å². The standard InChI is InChI=1S/C13H11Br3OS/c1-7-5-8(3-4-10(7)17-2)12(15)9-6-11(14)18-13(9)16/h3-6,12H,1-2H3. The van der Waals surface area contributed by atoms with E-state index in [4.69, 9.17) is 4.74 Å². The number of benzene rings is 1. The van der Waals surface area contributed by atoms with Crippen molar-refractivity contribution in [2.45, 2.75) is 11.8 Å². The highest BCUT2D eigenvalue weighted by Gasteiger charge is 2.17. The highest BCUT2D eigenvalue weighted by Crippen LogP contribution is 2.42. The van der Waals surface area contributed by atoms with Gasteiger partial charge in [0, 0.05) is 0 Å². The summed E-state index contributed by atoms with van der Waals surface area (Å²) in [5.74, 6) is 0.920. The van der Waals surface area contributed by atoms with Gasteiger partial charge in [-0.15, -0.1) is 11.3 Å². The molecular formula is C13H11Br3OS. The summed E-state index contributed by atoms with van der Waals surface area (Å²) in [4.78, 5) is 0.180.